The summed E-state index contributed by atoms with van der Waals surface area (Å²) in [6, 6.07) is -0.890. The zero-order valence-corrected chi connectivity index (χ0v) is 44.6. The van der Waals surface area contributed by atoms with E-state index in [1.807, 2.05) is 0 Å². The molecular formula is C55H99NO18. The van der Waals surface area contributed by atoms with E-state index in [4.69, 9.17) is 28.4 Å². The van der Waals surface area contributed by atoms with Crippen molar-refractivity contribution in [2.24, 2.45) is 0 Å². The third-order valence-corrected chi connectivity index (χ3v) is 14.2. The summed E-state index contributed by atoms with van der Waals surface area (Å²) in [7, 11) is 0. The smallest absolute Gasteiger partial charge is 0.220 e. The molecule has 0 saturated carbocycles. The van der Waals surface area contributed by atoms with Gasteiger partial charge in [-0.1, -0.05) is 159 Å². The standard InChI is InChI=1S/C55H99NO18/c1-3-5-7-9-11-13-15-17-18-19-20-21-23-25-27-29-31-33-43(61)56-38(39(60)32-30-28-26-24-22-16-14-12-10-8-6-4-2)37-69-53-49(67)46(64)51(41(35-58)71-53)74-55-50(68)47(65)52(42(36-59)72-55)73-54-48(66)45(63)44(62)40(34-57)70-54/h5,7,11,13,17-18,38-42,44-55,57-60,62-68H,3-4,6,8-10,12,14-16,19-37H2,1-2H3,(H,56,61)/b7-5-,13-11-,18-17-. The molecule has 0 radical (unpaired) electrons. The predicted molar refractivity (Wildman–Crippen MR) is 277 cm³/mol. The molecule has 17 atom stereocenters. The molecule has 1 amide bonds. The molecule has 0 aromatic carbocycles. The highest BCUT2D eigenvalue weighted by molar-refractivity contribution is 5.76. The average molecular weight is 1060 g/mol. The first-order valence-corrected chi connectivity index (χ1v) is 28.2. The van der Waals surface area contributed by atoms with Gasteiger partial charge in [-0.05, 0) is 44.9 Å². The highest BCUT2D eigenvalue weighted by Gasteiger charge is 2.53. The molecule has 0 aromatic heterocycles. The summed E-state index contributed by atoms with van der Waals surface area (Å²) in [4.78, 5) is 13.3. The Bertz CT molecular complexity index is 1500. The molecule has 3 saturated heterocycles. The number of hydrogen-bond donors (Lipinski definition) is 12. The number of carbonyl (C=O) groups excluding carboxylic acids is 1. The Hall–Kier alpha value is -1.99. The van der Waals surface area contributed by atoms with Crippen LogP contribution in [0.1, 0.15) is 174 Å². The lowest BCUT2D eigenvalue weighted by molar-refractivity contribution is -0.379. The average Bonchev–Trinajstić information content (AvgIpc) is 3.40. The first-order valence-electron chi connectivity index (χ1n) is 28.2. The van der Waals surface area contributed by atoms with Crippen LogP contribution in [0.5, 0.6) is 0 Å². The molecule has 17 unspecified atom stereocenters. The van der Waals surface area contributed by atoms with E-state index in [0.717, 1.165) is 89.9 Å². The van der Waals surface area contributed by atoms with Crippen LogP contribution in [0.15, 0.2) is 36.5 Å². The van der Waals surface area contributed by atoms with Gasteiger partial charge in [-0.3, -0.25) is 4.79 Å². The number of nitrogens with one attached hydrogen (secondary N) is 1. The number of unbranched alkanes of at least 4 members (excludes halogenated alkanes) is 18. The van der Waals surface area contributed by atoms with Crippen molar-refractivity contribution >= 4 is 5.91 Å². The van der Waals surface area contributed by atoms with Gasteiger partial charge in [-0.25, -0.2) is 0 Å². The Labute approximate surface area is 440 Å². The maximum Gasteiger partial charge on any atom is 0.220 e. The lowest BCUT2D eigenvalue weighted by Crippen LogP contribution is -2.66. The minimum atomic E-state index is -1.97. The highest BCUT2D eigenvalue weighted by atomic mass is 16.8. The zero-order chi connectivity index (χ0) is 54.1. The Balaban J connectivity index is 1.52. The summed E-state index contributed by atoms with van der Waals surface area (Å²) in [6.45, 7) is 1.64. The molecular weight excluding hydrogens is 963 g/mol. The molecule has 3 fully saturated rings. The number of ether oxygens (including phenoxy) is 6. The second kappa shape index (κ2) is 39.4. The van der Waals surface area contributed by atoms with Gasteiger partial charge in [-0.15, -0.1) is 0 Å². The van der Waals surface area contributed by atoms with Crippen LogP contribution < -0.4 is 5.32 Å². The van der Waals surface area contributed by atoms with Crippen LogP contribution >= 0.6 is 0 Å². The lowest BCUT2D eigenvalue weighted by Gasteiger charge is -2.48. The van der Waals surface area contributed by atoms with Gasteiger partial charge in [0, 0.05) is 6.42 Å². The van der Waals surface area contributed by atoms with Gasteiger partial charge < -0.3 is 89.9 Å². The van der Waals surface area contributed by atoms with E-state index in [1.165, 1.54) is 51.4 Å². The van der Waals surface area contributed by atoms with Gasteiger partial charge >= 0.3 is 0 Å². The predicted octanol–water partition coefficient (Wildman–Crippen LogP) is 3.76. The minimum Gasteiger partial charge on any atom is -0.394 e. The minimum absolute atomic E-state index is 0.254. The Kier molecular flexibility index (Phi) is 35.3. The summed E-state index contributed by atoms with van der Waals surface area (Å²) in [5, 5.41) is 120. The molecule has 0 bridgehead atoms. The van der Waals surface area contributed by atoms with E-state index in [2.05, 4.69) is 55.6 Å². The molecule has 19 heteroatoms. The molecule has 12 N–H and O–H groups in total. The number of rotatable bonds is 40. The van der Waals surface area contributed by atoms with Crippen molar-refractivity contribution in [3.8, 4) is 0 Å². The van der Waals surface area contributed by atoms with Crippen molar-refractivity contribution < 1.29 is 89.4 Å². The van der Waals surface area contributed by atoms with Crippen LogP contribution in [-0.4, -0.2) is 193 Å². The first kappa shape index (κ1) is 66.3. The summed E-state index contributed by atoms with van der Waals surface area (Å²) in [6.07, 6.45) is 12.4. The number of aliphatic hydroxyl groups excluding tert-OH is 11. The molecule has 0 spiro atoms. The van der Waals surface area contributed by atoms with Gasteiger partial charge in [0.2, 0.25) is 5.91 Å². The van der Waals surface area contributed by atoms with Crippen LogP contribution in [0.3, 0.4) is 0 Å². The molecule has 19 nitrogen and oxygen atoms in total. The Morgan fingerprint density at radius 2 is 0.932 bits per heavy atom. The fraction of sp³-hybridized carbons (Fsp3) is 0.873. The molecule has 3 aliphatic rings. The monoisotopic (exact) mass is 1060 g/mol. The summed E-state index contributed by atoms with van der Waals surface area (Å²) in [5.74, 6) is -0.256. The first-order chi connectivity index (χ1) is 35.8. The molecule has 432 valence electrons. The van der Waals surface area contributed by atoms with Gasteiger partial charge in [0.25, 0.3) is 0 Å². The van der Waals surface area contributed by atoms with E-state index in [0.29, 0.717) is 12.8 Å². The van der Waals surface area contributed by atoms with Crippen LogP contribution in [0.25, 0.3) is 0 Å². The van der Waals surface area contributed by atoms with E-state index < -0.39 is 124 Å². The number of aliphatic hydroxyl groups is 11. The maximum absolute atomic E-state index is 13.3. The van der Waals surface area contributed by atoms with Crippen LogP contribution in [-0.2, 0) is 33.2 Å². The van der Waals surface area contributed by atoms with Gasteiger partial charge in [-0.2, -0.15) is 0 Å². The van der Waals surface area contributed by atoms with Crippen LogP contribution in [0.4, 0.5) is 0 Å². The van der Waals surface area contributed by atoms with Crippen molar-refractivity contribution in [2.75, 3.05) is 26.4 Å². The molecule has 3 aliphatic heterocycles. The second-order valence-electron chi connectivity index (χ2n) is 20.4. The van der Waals surface area contributed by atoms with Gasteiger partial charge in [0.1, 0.15) is 73.2 Å². The maximum atomic E-state index is 13.3. The fourth-order valence-corrected chi connectivity index (χ4v) is 9.56. The second-order valence-corrected chi connectivity index (χ2v) is 20.4. The number of allylic oxidation sites excluding steroid dienone is 6. The van der Waals surface area contributed by atoms with Crippen LogP contribution in [0.2, 0.25) is 0 Å². The number of amides is 1. The van der Waals surface area contributed by atoms with Crippen molar-refractivity contribution in [2.45, 2.75) is 279 Å². The molecule has 74 heavy (non-hydrogen) atoms. The van der Waals surface area contributed by atoms with Crippen molar-refractivity contribution in [3.05, 3.63) is 36.5 Å². The van der Waals surface area contributed by atoms with Crippen molar-refractivity contribution in [3.63, 3.8) is 0 Å². The summed E-state index contributed by atoms with van der Waals surface area (Å²) in [5.41, 5.74) is 0. The van der Waals surface area contributed by atoms with Gasteiger partial charge in [0.15, 0.2) is 18.9 Å². The van der Waals surface area contributed by atoms with Crippen molar-refractivity contribution in [1.29, 1.82) is 0 Å². The van der Waals surface area contributed by atoms with E-state index >= 15 is 0 Å². The van der Waals surface area contributed by atoms with Gasteiger partial charge in [0.05, 0.1) is 38.6 Å². The quantitative estimate of drug-likeness (QED) is 0.0307. The SMILES string of the molecule is CC/C=C\C/C=C\C/C=C\CCCCCCCCCC(=O)NC(COC1OC(CO)C(OC2OC(CO)C(OC3OC(CO)C(O)C(O)C3O)C(O)C2O)C(O)C1O)C(O)CCCCCCCCCCCCCC. The topological polar surface area (TPSA) is 307 Å². The molecule has 3 heterocycles. The van der Waals surface area contributed by atoms with E-state index in [-0.39, 0.29) is 18.9 Å². The third-order valence-electron chi connectivity index (χ3n) is 14.2. The van der Waals surface area contributed by atoms with Crippen molar-refractivity contribution in [1.82, 2.24) is 5.32 Å². The Morgan fingerprint density at radius 1 is 0.500 bits per heavy atom. The number of carbonyl (C=O) groups is 1. The normalized spacial score (nSPS) is 31.7. The Morgan fingerprint density at radius 3 is 1.46 bits per heavy atom. The van der Waals surface area contributed by atoms with E-state index in [9.17, 15) is 61.0 Å². The largest absolute Gasteiger partial charge is 0.394 e. The zero-order valence-electron chi connectivity index (χ0n) is 44.6. The molecule has 3 rings (SSSR count). The summed E-state index contributed by atoms with van der Waals surface area (Å²) >= 11 is 0. The molecule has 0 aliphatic carbocycles. The fourth-order valence-electron chi connectivity index (χ4n) is 9.56. The molecule has 0 aromatic rings. The lowest BCUT2D eigenvalue weighted by atomic mass is 9.96. The number of hydrogen-bond acceptors (Lipinski definition) is 18. The summed E-state index contributed by atoms with van der Waals surface area (Å²) < 4.78 is 34.2. The van der Waals surface area contributed by atoms with Crippen LogP contribution in [0, 0.1) is 0 Å². The third kappa shape index (κ3) is 23.9. The highest BCUT2D eigenvalue weighted by Crippen LogP contribution is 2.33. The van der Waals surface area contributed by atoms with E-state index in [1.54, 1.807) is 0 Å².